The van der Waals surface area contributed by atoms with Crippen LogP contribution in [0.1, 0.15) is 11.3 Å². The van der Waals surface area contributed by atoms with E-state index in [-0.39, 0.29) is 0 Å². The fraction of sp³-hybridized carbons (Fsp3) is 0.269. The average molecular weight is 412 g/mol. The molecule has 0 bridgehead atoms. The Bertz CT molecular complexity index is 1130. The zero-order valence-electron chi connectivity index (χ0n) is 18.0. The summed E-state index contributed by atoms with van der Waals surface area (Å²) in [5, 5.41) is 3.55. The Morgan fingerprint density at radius 2 is 1.52 bits per heavy atom. The normalized spacial score (nSPS) is 14.9. The Hall–Kier alpha value is -3.15. The number of nitrogens with one attached hydrogen (secondary N) is 1. The van der Waals surface area contributed by atoms with Gasteiger partial charge < -0.3 is 15.1 Å². The average Bonchev–Trinajstić information content (AvgIpc) is 3.24. The monoisotopic (exact) mass is 411 g/mol. The first-order valence-electron chi connectivity index (χ1n) is 11.0. The van der Waals surface area contributed by atoms with E-state index in [9.17, 15) is 0 Å². The molecule has 3 heterocycles. The molecule has 158 valence electrons. The molecular formula is C26H29N5. The van der Waals surface area contributed by atoms with Gasteiger partial charge in [0, 0.05) is 45.5 Å². The van der Waals surface area contributed by atoms with Crippen molar-refractivity contribution >= 4 is 11.5 Å². The molecule has 1 N–H and O–H groups in total. The van der Waals surface area contributed by atoms with Crippen LogP contribution in [0.25, 0.3) is 16.8 Å². The van der Waals surface area contributed by atoms with Gasteiger partial charge in [0.15, 0.2) is 0 Å². The number of benzene rings is 2. The van der Waals surface area contributed by atoms with Crippen molar-refractivity contribution in [3.05, 3.63) is 90.3 Å². The predicted molar refractivity (Wildman–Crippen MR) is 127 cm³/mol. The topological polar surface area (TPSA) is 35.8 Å². The maximum Gasteiger partial charge on any atom is 0.138 e. The van der Waals surface area contributed by atoms with Gasteiger partial charge >= 0.3 is 0 Å². The highest BCUT2D eigenvalue weighted by Gasteiger charge is 2.17. The molecule has 0 radical (unpaired) electrons. The van der Waals surface area contributed by atoms with Crippen LogP contribution in [0.15, 0.2) is 79.0 Å². The lowest BCUT2D eigenvalue weighted by atomic mass is 10.0. The molecule has 0 aliphatic carbocycles. The van der Waals surface area contributed by atoms with Gasteiger partial charge in [-0.2, -0.15) is 0 Å². The molecule has 0 spiro atoms. The molecule has 1 saturated heterocycles. The number of hydrogen-bond acceptors (Lipinski definition) is 4. The van der Waals surface area contributed by atoms with Gasteiger partial charge in [-0.1, -0.05) is 60.7 Å². The van der Waals surface area contributed by atoms with E-state index in [1.165, 1.54) is 22.5 Å². The lowest BCUT2D eigenvalue weighted by molar-refractivity contribution is 0.312. The van der Waals surface area contributed by atoms with Crippen molar-refractivity contribution in [1.29, 1.82) is 0 Å². The van der Waals surface area contributed by atoms with Gasteiger partial charge in [-0.15, -0.1) is 0 Å². The van der Waals surface area contributed by atoms with E-state index >= 15 is 0 Å². The molecule has 5 heteroatoms. The maximum absolute atomic E-state index is 4.83. The van der Waals surface area contributed by atoms with Gasteiger partial charge in [0.05, 0.1) is 5.69 Å². The molecule has 4 aromatic rings. The fourth-order valence-corrected chi connectivity index (χ4v) is 4.21. The second-order valence-corrected chi connectivity index (χ2v) is 8.30. The van der Waals surface area contributed by atoms with Crippen molar-refractivity contribution < 1.29 is 0 Å². The second kappa shape index (κ2) is 8.92. The maximum atomic E-state index is 4.83. The van der Waals surface area contributed by atoms with Crippen molar-refractivity contribution in [2.24, 2.45) is 0 Å². The van der Waals surface area contributed by atoms with Crippen LogP contribution in [-0.4, -0.2) is 47.5 Å². The molecule has 0 atom stereocenters. The minimum Gasteiger partial charge on any atom is -0.355 e. The molecule has 2 aromatic carbocycles. The second-order valence-electron chi connectivity index (χ2n) is 8.30. The first-order valence-corrected chi connectivity index (χ1v) is 11.0. The van der Waals surface area contributed by atoms with E-state index in [2.05, 4.69) is 106 Å². The van der Waals surface area contributed by atoms with Crippen molar-refractivity contribution in [1.82, 2.24) is 19.6 Å². The fourth-order valence-electron chi connectivity index (χ4n) is 4.21. The third kappa shape index (κ3) is 4.48. The molecule has 1 fully saturated rings. The summed E-state index contributed by atoms with van der Waals surface area (Å²) in [6.07, 6.45) is 2.18. The SMILES string of the molecule is CN1CCN(c2cccc3nc(CNCc4ccc(-c5ccccc5)cc4)cn23)CC1. The predicted octanol–water partition coefficient (Wildman–Crippen LogP) is 4.04. The molecular weight excluding hydrogens is 382 g/mol. The molecule has 1 aliphatic heterocycles. The van der Waals surface area contributed by atoms with Gasteiger partial charge in [-0.05, 0) is 35.9 Å². The van der Waals surface area contributed by atoms with E-state index in [1.54, 1.807) is 0 Å². The first-order chi connectivity index (χ1) is 15.3. The minimum absolute atomic E-state index is 0.754. The van der Waals surface area contributed by atoms with Crippen LogP contribution in [0.3, 0.4) is 0 Å². The van der Waals surface area contributed by atoms with Crippen molar-refractivity contribution in [2.75, 3.05) is 38.1 Å². The van der Waals surface area contributed by atoms with Crippen LogP contribution in [0, 0.1) is 0 Å². The molecule has 5 rings (SSSR count). The van der Waals surface area contributed by atoms with Gasteiger partial charge in [-0.3, -0.25) is 4.40 Å². The van der Waals surface area contributed by atoms with Gasteiger partial charge in [0.2, 0.25) is 0 Å². The Kier molecular flexibility index (Phi) is 5.69. The number of anilines is 1. The van der Waals surface area contributed by atoms with Gasteiger partial charge in [0.1, 0.15) is 11.5 Å². The Morgan fingerprint density at radius 3 is 2.29 bits per heavy atom. The van der Waals surface area contributed by atoms with E-state index < -0.39 is 0 Å². The number of aromatic nitrogens is 2. The van der Waals surface area contributed by atoms with Crippen LogP contribution in [0.5, 0.6) is 0 Å². The zero-order chi connectivity index (χ0) is 21.0. The van der Waals surface area contributed by atoms with E-state index in [0.717, 1.165) is 50.6 Å². The summed E-state index contributed by atoms with van der Waals surface area (Å²) in [4.78, 5) is 9.67. The highest BCUT2D eigenvalue weighted by molar-refractivity contribution is 5.63. The standard InChI is InChI=1S/C26H29N5/c1-29-14-16-30(17-15-29)26-9-5-8-25-28-24(20-31(25)26)19-27-18-21-10-12-23(13-11-21)22-6-3-2-4-7-22/h2-13,20,27H,14-19H2,1H3. The van der Waals surface area contributed by atoms with Crippen LogP contribution in [-0.2, 0) is 13.1 Å². The summed E-state index contributed by atoms with van der Waals surface area (Å²) in [6.45, 7) is 5.89. The number of hydrogen-bond donors (Lipinski definition) is 1. The number of nitrogens with zero attached hydrogens (tertiary/aromatic N) is 4. The van der Waals surface area contributed by atoms with E-state index in [0.29, 0.717) is 0 Å². The van der Waals surface area contributed by atoms with Crippen LogP contribution in [0.4, 0.5) is 5.82 Å². The van der Waals surface area contributed by atoms with Gasteiger partial charge in [0.25, 0.3) is 0 Å². The summed E-state index contributed by atoms with van der Waals surface area (Å²) in [5.41, 5.74) is 5.87. The molecule has 5 nitrogen and oxygen atoms in total. The first kappa shape index (κ1) is 19.8. The zero-order valence-corrected chi connectivity index (χ0v) is 18.0. The summed E-state index contributed by atoms with van der Waals surface area (Å²) in [7, 11) is 2.19. The Labute approximate surface area is 184 Å². The molecule has 2 aromatic heterocycles. The quantitative estimate of drug-likeness (QED) is 0.519. The number of pyridine rings is 1. The summed E-state index contributed by atoms with van der Waals surface area (Å²) in [6, 6.07) is 25.7. The Morgan fingerprint density at radius 1 is 0.774 bits per heavy atom. The highest BCUT2D eigenvalue weighted by Crippen LogP contribution is 2.20. The number of likely N-dealkylation sites (N-methyl/N-ethyl adjacent to an activating group) is 1. The molecule has 31 heavy (non-hydrogen) atoms. The lowest BCUT2D eigenvalue weighted by Gasteiger charge is -2.34. The number of fused-ring (bicyclic) bond motifs is 1. The summed E-state index contributed by atoms with van der Waals surface area (Å²) in [5.74, 6) is 1.24. The number of piperazine rings is 1. The molecule has 0 saturated carbocycles. The van der Waals surface area contributed by atoms with Gasteiger partial charge in [-0.25, -0.2) is 4.98 Å². The van der Waals surface area contributed by atoms with Crippen LogP contribution in [0.2, 0.25) is 0 Å². The largest absolute Gasteiger partial charge is 0.355 e. The summed E-state index contributed by atoms with van der Waals surface area (Å²) < 4.78 is 2.23. The minimum atomic E-state index is 0.754. The van der Waals surface area contributed by atoms with Crippen LogP contribution >= 0.6 is 0 Å². The summed E-state index contributed by atoms with van der Waals surface area (Å²) >= 11 is 0. The van der Waals surface area contributed by atoms with E-state index in [1.807, 2.05) is 0 Å². The van der Waals surface area contributed by atoms with E-state index in [4.69, 9.17) is 4.98 Å². The Balaban J connectivity index is 1.23. The third-order valence-electron chi connectivity index (χ3n) is 6.04. The third-order valence-corrected chi connectivity index (χ3v) is 6.04. The van der Waals surface area contributed by atoms with Crippen molar-refractivity contribution in [2.45, 2.75) is 13.1 Å². The molecule has 0 amide bonds. The number of rotatable bonds is 6. The molecule has 0 unspecified atom stereocenters. The highest BCUT2D eigenvalue weighted by atomic mass is 15.3. The van der Waals surface area contributed by atoms with Crippen molar-refractivity contribution in [3.63, 3.8) is 0 Å². The number of imidazole rings is 1. The smallest absolute Gasteiger partial charge is 0.138 e. The van der Waals surface area contributed by atoms with Crippen LogP contribution < -0.4 is 10.2 Å². The lowest BCUT2D eigenvalue weighted by Crippen LogP contribution is -2.45. The molecule has 1 aliphatic rings. The van der Waals surface area contributed by atoms with Crippen molar-refractivity contribution in [3.8, 4) is 11.1 Å².